The van der Waals surface area contributed by atoms with Crippen molar-refractivity contribution in [3.63, 3.8) is 0 Å². The molecule has 2 rings (SSSR count). The molecule has 1 aromatic carbocycles. The van der Waals surface area contributed by atoms with E-state index in [1.54, 1.807) is 6.92 Å². The van der Waals surface area contributed by atoms with Crippen LogP contribution in [0.15, 0.2) is 30.3 Å². The van der Waals surface area contributed by atoms with Crippen molar-refractivity contribution in [3.8, 4) is 0 Å². The summed E-state index contributed by atoms with van der Waals surface area (Å²) in [7, 11) is -3.49. The molecule has 1 aromatic heterocycles. The number of nitrogens with one attached hydrogen (secondary N) is 3. The average molecular weight is 505 g/mol. The Bertz CT molecular complexity index is 1110. The number of nitrogens with zero attached hydrogens (tertiary/aromatic N) is 1. The summed E-state index contributed by atoms with van der Waals surface area (Å²) in [6.45, 7) is 3.65. The minimum atomic E-state index is -4.59. The van der Waals surface area contributed by atoms with Gasteiger partial charge in [-0.1, -0.05) is 31.5 Å². The van der Waals surface area contributed by atoms with Gasteiger partial charge in [0.2, 0.25) is 15.9 Å². The first-order valence-corrected chi connectivity index (χ1v) is 12.5. The number of sulfonamides is 1. The van der Waals surface area contributed by atoms with Crippen LogP contribution in [0.5, 0.6) is 0 Å². The predicted molar refractivity (Wildman–Crippen MR) is 121 cm³/mol. The van der Waals surface area contributed by atoms with E-state index in [1.807, 2.05) is 6.92 Å². The molecule has 2 aromatic rings. The van der Waals surface area contributed by atoms with E-state index in [0.29, 0.717) is 17.7 Å². The number of unbranched alkanes of at least 4 members (excludes halogenated alkanes) is 1. The summed E-state index contributed by atoms with van der Waals surface area (Å²) in [4.78, 5) is 16.3. The summed E-state index contributed by atoms with van der Waals surface area (Å²) in [5.74, 6) is -1.83. The maximum absolute atomic E-state index is 14.4. The monoisotopic (exact) mass is 504 g/mol. The van der Waals surface area contributed by atoms with Crippen molar-refractivity contribution < 1.29 is 30.8 Å². The Hall–Kier alpha value is -2.73. The topological polar surface area (TPSA) is 100 Å². The van der Waals surface area contributed by atoms with Gasteiger partial charge in [-0.15, -0.1) is 0 Å². The normalized spacial score (nSPS) is 12.9. The smallest absolute Gasteiger partial charge is 0.370 e. The van der Waals surface area contributed by atoms with E-state index in [-0.39, 0.29) is 24.5 Å². The summed E-state index contributed by atoms with van der Waals surface area (Å²) in [6.07, 6.45) is -2.05. The standard InChI is InChI=1S/C22H28F4N4O3S/c1-4-5-10-27-20-17(8-9-19(30-20)22(24,25)26)12-28-21(31)14(2)15-6-7-16(18(23)11-15)13-29-34(3,32)33/h6-9,11,14,29H,4-5,10,12-13H2,1-3H3,(H,27,30)(H,28,31). The molecule has 0 radical (unpaired) electrons. The van der Waals surface area contributed by atoms with E-state index >= 15 is 0 Å². The number of hydrogen-bond acceptors (Lipinski definition) is 5. The predicted octanol–water partition coefficient (Wildman–Crippen LogP) is 3.92. The Balaban J connectivity index is 2.10. The molecule has 3 N–H and O–H groups in total. The zero-order valence-corrected chi connectivity index (χ0v) is 19.9. The van der Waals surface area contributed by atoms with Crippen LogP contribution in [0.4, 0.5) is 23.4 Å². The molecule has 34 heavy (non-hydrogen) atoms. The van der Waals surface area contributed by atoms with Gasteiger partial charge < -0.3 is 10.6 Å². The molecule has 0 spiro atoms. The average Bonchev–Trinajstić information content (AvgIpc) is 2.75. The zero-order chi connectivity index (χ0) is 25.5. The van der Waals surface area contributed by atoms with Gasteiger partial charge in [0.15, 0.2) is 0 Å². The highest BCUT2D eigenvalue weighted by molar-refractivity contribution is 7.88. The van der Waals surface area contributed by atoms with Crippen molar-refractivity contribution in [2.75, 3.05) is 18.1 Å². The van der Waals surface area contributed by atoms with Crippen molar-refractivity contribution >= 4 is 21.7 Å². The molecule has 12 heteroatoms. The summed E-state index contributed by atoms with van der Waals surface area (Å²) < 4.78 is 78.0. The van der Waals surface area contributed by atoms with Crippen molar-refractivity contribution in [2.24, 2.45) is 0 Å². The van der Waals surface area contributed by atoms with Crippen molar-refractivity contribution in [1.82, 2.24) is 15.0 Å². The Labute approximate surface area is 196 Å². The molecule has 0 aliphatic rings. The van der Waals surface area contributed by atoms with E-state index in [9.17, 15) is 30.8 Å². The van der Waals surface area contributed by atoms with Gasteiger partial charge in [-0.05, 0) is 31.0 Å². The number of carbonyl (C=O) groups excluding carboxylic acids is 1. The van der Waals surface area contributed by atoms with Crippen LogP contribution >= 0.6 is 0 Å². The van der Waals surface area contributed by atoms with Gasteiger partial charge in [-0.25, -0.2) is 22.5 Å². The molecule has 0 aliphatic heterocycles. The van der Waals surface area contributed by atoms with Crippen molar-refractivity contribution in [3.05, 3.63) is 58.5 Å². The number of rotatable bonds is 11. The molecule has 7 nitrogen and oxygen atoms in total. The fourth-order valence-corrected chi connectivity index (χ4v) is 3.41. The fourth-order valence-electron chi connectivity index (χ4n) is 3.00. The quantitative estimate of drug-likeness (QED) is 0.318. The molecule has 1 unspecified atom stereocenters. The first-order chi connectivity index (χ1) is 15.8. The molecule has 1 amide bonds. The molecular formula is C22H28F4N4O3S. The lowest BCUT2D eigenvalue weighted by atomic mass is 9.98. The fraction of sp³-hybridized carbons (Fsp3) is 0.455. The number of hydrogen-bond donors (Lipinski definition) is 3. The number of halogens is 4. The molecule has 0 saturated heterocycles. The number of alkyl halides is 3. The number of aromatic nitrogens is 1. The summed E-state index contributed by atoms with van der Waals surface area (Å²) in [5.41, 5.74) is -0.153. The van der Waals surface area contributed by atoms with E-state index in [2.05, 4.69) is 20.3 Å². The zero-order valence-electron chi connectivity index (χ0n) is 19.1. The Morgan fingerprint density at radius 1 is 1.12 bits per heavy atom. The highest BCUT2D eigenvalue weighted by Gasteiger charge is 2.33. The van der Waals surface area contributed by atoms with E-state index < -0.39 is 39.5 Å². The number of anilines is 1. The van der Waals surface area contributed by atoms with Crippen LogP contribution in [0, 0.1) is 5.82 Å². The van der Waals surface area contributed by atoms with Gasteiger partial charge in [-0.2, -0.15) is 13.2 Å². The number of pyridine rings is 1. The Morgan fingerprint density at radius 3 is 2.38 bits per heavy atom. The number of benzene rings is 1. The van der Waals surface area contributed by atoms with Crippen LogP contribution < -0.4 is 15.4 Å². The molecule has 0 saturated carbocycles. The third-order valence-electron chi connectivity index (χ3n) is 5.04. The van der Waals surface area contributed by atoms with Crippen LogP contribution in [-0.4, -0.2) is 32.1 Å². The van der Waals surface area contributed by atoms with Crippen LogP contribution in [-0.2, 0) is 34.1 Å². The minimum Gasteiger partial charge on any atom is -0.370 e. The SMILES string of the molecule is CCCCNc1nc(C(F)(F)F)ccc1CNC(=O)C(C)c1ccc(CNS(C)(=O)=O)c(F)c1. The third kappa shape index (κ3) is 8.24. The largest absolute Gasteiger partial charge is 0.433 e. The van der Waals surface area contributed by atoms with Crippen LogP contribution in [0.2, 0.25) is 0 Å². The maximum Gasteiger partial charge on any atom is 0.433 e. The van der Waals surface area contributed by atoms with Gasteiger partial charge in [0.25, 0.3) is 0 Å². The highest BCUT2D eigenvalue weighted by Crippen LogP contribution is 2.29. The second kappa shape index (κ2) is 11.6. The molecule has 0 fully saturated rings. The van der Waals surface area contributed by atoms with Crippen LogP contribution in [0.25, 0.3) is 0 Å². The number of carbonyl (C=O) groups is 1. The molecule has 0 bridgehead atoms. The highest BCUT2D eigenvalue weighted by atomic mass is 32.2. The summed E-state index contributed by atoms with van der Waals surface area (Å²) >= 11 is 0. The molecule has 0 aliphatic carbocycles. The second-order valence-corrected chi connectivity index (χ2v) is 9.70. The number of amides is 1. The van der Waals surface area contributed by atoms with Crippen LogP contribution in [0.3, 0.4) is 0 Å². The Kier molecular flexibility index (Phi) is 9.39. The summed E-state index contributed by atoms with van der Waals surface area (Å²) in [6, 6.07) is 6.18. The summed E-state index contributed by atoms with van der Waals surface area (Å²) in [5, 5.41) is 5.54. The first kappa shape index (κ1) is 27.5. The van der Waals surface area contributed by atoms with E-state index in [1.165, 1.54) is 18.2 Å². The third-order valence-corrected chi connectivity index (χ3v) is 5.71. The molecular weight excluding hydrogens is 476 g/mol. The molecule has 1 heterocycles. The minimum absolute atomic E-state index is 0.0463. The van der Waals surface area contributed by atoms with E-state index in [0.717, 1.165) is 31.2 Å². The maximum atomic E-state index is 14.4. The molecule has 1 atom stereocenters. The van der Waals surface area contributed by atoms with Gasteiger partial charge in [0.1, 0.15) is 17.3 Å². The van der Waals surface area contributed by atoms with Crippen molar-refractivity contribution in [1.29, 1.82) is 0 Å². The van der Waals surface area contributed by atoms with Gasteiger partial charge >= 0.3 is 6.18 Å². The Morgan fingerprint density at radius 2 is 1.79 bits per heavy atom. The first-order valence-electron chi connectivity index (χ1n) is 10.6. The lowest BCUT2D eigenvalue weighted by Crippen LogP contribution is -2.28. The van der Waals surface area contributed by atoms with E-state index in [4.69, 9.17) is 0 Å². The lowest BCUT2D eigenvalue weighted by molar-refractivity contribution is -0.141. The van der Waals surface area contributed by atoms with Gasteiger partial charge in [0.05, 0.1) is 12.2 Å². The van der Waals surface area contributed by atoms with Crippen molar-refractivity contribution in [2.45, 2.75) is 51.9 Å². The van der Waals surface area contributed by atoms with Crippen LogP contribution in [0.1, 0.15) is 55.0 Å². The molecule has 188 valence electrons. The second-order valence-electron chi connectivity index (χ2n) is 7.87. The van der Waals surface area contributed by atoms with Gasteiger partial charge in [-0.3, -0.25) is 4.79 Å². The van der Waals surface area contributed by atoms with Gasteiger partial charge in [0, 0.05) is 30.8 Å². The lowest BCUT2D eigenvalue weighted by Gasteiger charge is -2.17.